The summed E-state index contributed by atoms with van der Waals surface area (Å²) in [6, 6.07) is 13.7. The predicted octanol–water partition coefficient (Wildman–Crippen LogP) is 3.66. The number of nitrogens with one attached hydrogen (secondary N) is 2. The van der Waals surface area contributed by atoms with Gasteiger partial charge in [0.15, 0.2) is 16.6 Å². The monoisotopic (exact) mass is 364 g/mol. The van der Waals surface area contributed by atoms with Gasteiger partial charge in [-0.15, -0.1) is 0 Å². The minimum absolute atomic E-state index is 0.267. The van der Waals surface area contributed by atoms with Crippen molar-refractivity contribution in [3.8, 4) is 11.5 Å². The van der Waals surface area contributed by atoms with E-state index in [4.69, 9.17) is 21.7 Å². The minimum atomic E-state index is 0.267. The van der Waals surface area contributed by atoms with Gasteiger partial charge in [0.1, 0.15) is 0 Å². The third-order valence-electron chi connectivity index (χ3n) is 3.03. The number of halogens is 1. The summed E-state index contributed by atoms with van der Waals surface area (Å²) >= 11 is 8.81. The summed E-state index contributed by atoms with van der Waals surface area (Å²) in [5.41, 5.74) is 2.01. The Labute approximate surface area is 136 Å². The molecule has 21 heavy (non-hydrogen) atoms. The van der Waals surface area contributed by atoms with Crippen LogP contribution in [0, 0.1) is 0 Å². The molecule has 6 heteroatoms. The molecule has 0 aliphatic carbocycles. The van der Waals surface area contributed by atoms with E-state index in [-0.39, 0.29) is 6.79 Å². The van der Waals surface area contributed by atoms with Crippen molar-refractivity contribution in [2.24, 2.45) is 0 Å². The summed E-state index contributed by atoms with van der Waals surface area (Å²) in [7, 11) is 0. The van der Waals surface area contributed by atoms with Gasteiger partial charge in [-0.3, -0.25) is 0 Å². The highest BCUT2D eigenvalue weighted by Crippen LogP contribution is 2.34. The molecular weight excluding hydrogens is 352 g/mol. The van der Waals surface area contributed by atoms with E-state index >= 15 is 0 Å². The highest BCUT2D eigenvalue weighted by molar-refractivity contribution is 9.10. The van der Waals surface area contributed by atoms with Crippen LogP contribution >= 0.6 is 28.1 Å². The van der Waals surface area contributed by atoms with Gasteiger partial charge in [-0.2, -0.15) is 0 Å². The fourth-order valence-electron chi connectivity index (χ4n) is 1.97. The lowest BCUT2D eigenvalue weighted by atomic mass is 10.2. The summed E-state index contributed by atoms with van der Waals surface area (Å²) in [6.07, 6.45) is 0. The van der Waals surface area contributed by atoms with Crippen molar-refractivity contribution in [2.45, 2.75) is 6.54 Å². The average molecular weight is 365 g/mol. The molecule has 0 amide bonds. The van der Waals surface area contributed by atoms with Crippen LogP contribution in [0.1, 0.15) is 5.56 Å². The van der Waals surface area contributed by atoms with Crippen molar-refractivity contribution < 1.29 is 9.47 Å². The normalized spacial score (nSPS) is 12.0. The maximum atomic E-state index is 5.33. The summed E-state index contributed by atoms with van der Waals surface area (Å²) in [4.78, 5) is 0. The Balaban J connectivity index is 1.58. The Morgan fingerprint density at radius 2 is 1.95 bits per heavy atom. The van der Waals surface area contributed by atoms with Crippen LogP contribution in [0.2, 0.25) is 0 Å². The molecule has 3 rings (SSSR count). The van der Waals surface area contributed by atoms with E-state index in [9.17, 15) is 0 Å². The predicted molar refractivity (Wildman–Crippen MR) is 89.8 cm³/mol. The summed E-state index contributed by atoms with van der Waals surface area (Å²) < 4.78 is 11.7. The van der Waals surface area contributed by atoms with Gasteiger partial charge in [0.2, 0.25) is 6.79 Å². The van der Waals surface area contributed by atoms with E-state index < -0.39 is 0 Å². The molecule has 0 saturated heterocycles. The second kappa shape index (κ2) is 6.32. The van der Waals surface area contributed by atoms with Crippen molar-refractivity contribution in [1.29, 1.82) is 0 Å². The summed E-state index contributed by atoms with van der Waals surface area (Å²) in [6.45, 7) is 0.918. The maximum absolute atomic E-state index is 5.33. The van der Waals surface area contributed by atoms with Gasteiger partial charge in [0, 0.05) is 22.8 Å². The highest BCUT2D eigenvalue weighted by atomic mass is 79.9. The molecule has 1 aliphatic rings. The lowest BCUT2D eigenvalue weighted by molar-refractivity contribution is 0.174. The molecule has 2 aromatic carbocycles. The molecule has 0 radical (unpaired) electrons. The van der Waals surface area contributed by atoms with Crippen LogP contribution in [0.5, 0.6) is 11.5 Å². The average Bonchev–Trinajstić information content (AvgIpc) is 2.94. The molecule has 0 aromatic heterocycles. The largest absolute Gasteiger partial charge is 0.454 e. The van der Waals surface area contributed by atoms with E-state index in [0.717, 1.165) is 27.2 Å². The number of fused-ring (bicyclic) bond motifs is 1. The van der Waals surface area contributed by atoms with Gasteiger partial charge in [-0.05, 0) is 36.0 Å². The number of hydrogen-bond donors (Lipinski definition) is 2. The van der Waals surface area contributed by atoms with Gasteiger partial charge < -0.3 is 20.1 Å². The number of ether oxygens (including phenoxy) is 2. The molecule has 2 N–H and O–H groups in total. The van der Waals surface area contributed by atoms with Crippen LogP contribution in [-0.4, -0.2) is 11.9 Å². The molecule has 1 aliphatic heterocycles. The van der Waals surface area contributed by atoms with Crippen molar-refractivity contribution >= 4 is 38.9 Å². The lowest BCUT2D eigenvalue weighted by Crippen LogP contribution is -2.27. The second-order valence-corrected chi connectivity index (χ2v) is 5.73. The molecule has 0 fully saturated rings. The minimum Gasteiger partial charge on any atom is -0.454 e. The maximum Gasteiger partial charge on any atom is 0.231 e. The standard InChI is InChI=1S/C15H13BrN2O2S/c16-12-4-2-1-3-10(12)8-17-15(21)18-11-5-6-13-14(7-11)20-9-19-13/h1-7H,8-9H2,(H2,17,18,21). The summed E-state index contributed by atoms with van der Waals surface area (Å²) in [5, 5.41) is 6.86. The quantitative estimate of drug-likeness (QED) is 0.813. The second-order valence-electron chi connectivity index (χ2n) is 4.47. The molecule has 2 aromatic rings. The zero-order chi connectivity index (χ0) is 14.7. The number of hydrogen-bond acceptors (Lipinski definition) is 3. The van der Waals surface area contributed by atoms with E-state index in [0.29, 0.717) is 11.7 Å². The smallest absolute Gasteiger partial charge is 0.231 e. The topological polar surface area (TPSA) is 42.5 Å². The van der Waals surface area contributed by atoms with E-state index in [1.54, 1.807) is 0 Å². The van der Waals surface area contributed by atoms with E-state index in [1.807, 2.05) is 42.5 Å². The zero-order valence-corrected chi connectivity index (χ0v) is 13.5. The van der Waals surface area contributed by atoms with Gasteiger partial charge in [-0.1, -0.05) is 34.1 Å². The first-order valence-electron chi connectivity index (χ1n) is 6.40. The Kier molecular flexibility index (Phi) is 4.26. The van der Waals surface area contributed by atoms with Gasteiger partial charge in [0.25, 0.3) is 0 Å². The SMILES string of the molecule is S=C(NCc1ccccc1Br)Nc1ccc2c(c1)OCO2. The summed E-state index contributed by atoms with van der Waals surface area (Å²) in [5.74, 6) is 1.49. The molecular formula is C15H13BrN2O2S. The van der Waals surface area contributed by atoms with E-state index in [1.165, 1.54) is 0 Å². The molecule has 4 nitrogen and oxygen atoms in total. The first-order valence-corrected chi connectivity index (χ1v) is 7.60. The fraction of sp³-hybridized carbons (Fsp3) is 0.133. The van der Waals surface area contributed by atoms with Crippen LogP contribution < -0.4 is 20.1 Å². The van der Waals surface area contributed by atoms with Crippen LogP contribution in [0.3, 0.4) is 0 Å². The fourth-order valence-corrected chi connectivity index (χ4v) is 2.58. The Hall–Kier alpha value is -1.79. The van der Waals surface area contributed by atoms with Crippen molar-refractivity contribution in [1.82, 2.24) is 5.32 Å². The third kappa shape index (κ3) is 3.46. The number of anilines is 1. The molecule has 0 spiro atoms. The van der Waals surface area contributed by atoms with Crippen molar-refractivity contribution in [2.75, 3.05) is 12.1 Å². The highest BCUT2D eigenvalue weighted by Gasteiger charge is 2.13. The number of benzene rings is 2. The number of rotatable bonds is 3. The first kappa shape index (κ1) is 14.2. The number of thiocarbonyl (C=S) groups is 1. The van der Waals surface area contributed by atoms with Crippen molar-refractivity contribution in [3.05, 3.63) is 52.5 Å². The van der Waals surface area contributed by atoms with Crippen LogP contribution in [0.25, 0.3) is 0 Å². The van der Waals surface area contributed by atoms with Crippen LogP contribution in [0.4, 0.5) is 5.69 Å². The molecule has 108 valence electrons. The third-order valence-corrected chi connectivity index (χ3v) is 4.05. The Morgan fingerprint density at radius 3 is 2.81 bits per heavy atom. The Morgan fingerprint density at radius 1 is 1.14 bits per heavy atom. The van der Waals surface area contributed by atoms with Crippen LogP contribution in [0.15, 0.2) is 46.9 Å². The van der Waals surface area contributed by atoms with Crippen molar-refractivity contribution in [3.63, 3.8) is 0 Å². The molecule has 0 atom stereocenters. The van der Waals surface area contributed by atoms with E-state index in [2.05, 4.69) is 26.6 Å². The lowest BCUT2D eigenvalue weighted by Gasteiger charge is -2.11. The van der Waals surface area contributed by atoms with Crippen LogP contribution in [-0.2, 0) is 6.54 Å². The molecule has 1 heterocycles. The van der Waals surface area contributed by atoms with Gasteiger partial charge in [-0.25, -0.2) is 0 Å². The van der Waals surface area contributed by atoms with Gasteiger partial charge >= 0.3 is 0 Å². The zero-order valence-electron chi connectivity index (χ0n) is 11.1. The Bertz CT molecular complexity index is 678. The van der Waals surface area contributed by atoms with Gasteiger partial charge in [0.05, 0.1) is 0 Å². The first-order chi connectivity index (χ1) is 10.2. The molecule has 0 bridgehead atoms. The molecule has 0 unspecified atom stereocenters. The molecule has 0 saturated carbocycles.